The predicted molar refractivity (Wildman–Crippen MR) is 131 cm³/mol. The van der Waals surface area contributed by atoms with Gasteiger partial charge in [-0.25, -0.2) is 0 Å². The minimum atomic E-state index is -2.59. The first-order chi connectivity index (χ1) is 17.5. The number of hydrogen-bond donors (Lipinski definition) is 5. The van der Waals surface area contributed by atoms with E-state index in [1.165, 1.54) is 0 Å². The molecule has 0 radical (unpaired) electrons. The fourth-order valence-corrected chi connectivity index (χ4v) is 5.95. The third-order valence-electron chi connectivity index (χ3n) is 7.57. The van der Waals surface area contributed by atoms with E-state index in [9.17, 15) is 34.8 Å². The van der Waals surface area contributed by atoms with Gasteiger partial charge in [0.05, 0.1) is 11.3 Å². The summed E-state index contributed by atoms with van der Waals surface area (Å²) in [6.45, 7) is 0.317. The van der Waals surface area contributed by atoms with E-state index in [-0.39, 0.29) is 36.1 Å². The Balaban J connectivity index is 1.73. The summed E-state index contributed by atoms with van der Waals surface area (Å²) in [5.74, 6) is -6.43. The molecule has 0 saturated carbocycles. The molecule has 10 nitrogen and oxygen atoms in total. The second kappa shape index (κ2) is 8.53. The highest BCUT2D eigenvalue weighted by Gasteiger charge is 2.59. The molecule has 192 valence electrons. The summed E-state index contributed by atoms with van der Waals surface area (Å²) in [6, 6.07) is 7.18. The number of Topliss-reactive ketones (excluding diaryl/α,β-unsaturated/α-hetero) is 2. The van der Waals surface area contributed by atoms with Gasteiger partial charge in [-0.15, -0.1) is 0 Å². The van der Waals surface area contributed by atoms with Crippen molar-refractivity contribution in [3.05, 3.63) is 69.8 Å². The van der Waals surface area contributed by atoms with Crippen LogP contribution in [-0.4, -0.2) is 67.5 Å². The summed E-state index contributed by atoms with van der Waals surface area (Å²) in [4.78, 5) is 45.1. The lowest BCUT2D eigenvalue weighted by atomic mass is 9.60. The molecule has 0 unspecified atom stereocenters. The molecule has 0 bridgehead atoms. The second-order valence-electron chi connectivity index (χ2n) is 10.1. The lowest BCUT2D eigenvalue weighted by Gasteiger charge is -2.45. The van der Waals surface area contributed by atoms with Gasteiger partial charge in [0.2, 0.25) is 5.78 Å². The Morgan fingerprint density at radius 1 is 1.19 bits per heavy atom. The van der Waals surface area contributed by atoms with Crippen LogP contribution in [-0.2, 0) is 22.6 Å². The van der Waals surface area contributed by atoms with Crippen molar-refractivity contribution in [3.63, 3.8) is 0 Å². The summed E-state index contributed by atoms with van der Waals surface area (Å²) < 4.78 is 0. The van der Waals surface area contributed by atoms with Gasteiger partial charge in [-0.2, -0.15) is 0 Å². The average Bonchev–Trinajstić information content (AvgIpc) is 2.83. The Kier molecular flexibility index (Phi) is 5.69. The maximum absolute atomic E-state index is 13.9. The molecule has 0 aliphatic heterocycles. The van der Waals surface area contributed by atoms with Gasteiger partial charge in [-0.1, -0.05) is 6.07 Å². The summed E-state index contributed by atoms with van der Waals surface area (Å²) in [7, 11) is 3.63. The Morgan fingerprint density at radius 2 is 1.92 bits per heavy atom. The van der Waals surface area contributed by atoms with E-state index in [2.05, 4.69) is 4.98 Å². The highest BCUT2D eigenvalue weighted by molar-refractivity contribution is 6.24. The van der Waals surface area contributed by atoms with Crippen molar-refractivity contribution in [1.82, 2.24) is 9.88 Å². The zero-order valence-corrected chi connectivity index (χ0v) is 20.4. The summed E-state index contributed by atoms with van der Waals surface area (Å²) in [6.07, 6.45) is 1.65. The number of phenolic OH excluding ortho intramolecular Hbond substituents is 1. The number of nitrogens with two attached hydrogens (primary N) is 1. The number of aromatic nitrogens is 1. The molecular formula is C27H27N3O7. The van der Waals surface area contributed by atoms with Crippen LogP contribution in [0.25, 0.3) is 11.3 Å². The monoisotopic (exact) mass is 505 g/mol. The number of hydrogen-bond acceptors (Lipinski definition) is 9. The molecule has 3 aliphatic rings. The summed E-state index contributed by atoms with van der Waals surface area (Å²) >= 11 is 0. The molecular weight excluding hydrogens is 478 g/mol. The fraction of sp³-hybridized carbons (Fsp3) is 0.333. The number of allylic oxidation sites excluding steroid dienone is 2. The highest BCUT2D eigenvalue weighted by Crippen LogP contribution is 2.52. The number of benzene rings is 1. The van der Waals surface area contributed by atoms with Crippen LogP contribution in [0.4, 0.5) is 0 Å². The Morgan fingerprint density at radius 3 is 2.54 bits per heavy atom. The predicted octanol–water partition coefficient (Wildman–Crippen LogP) is 1.70. The van der Waals surface area contributed by atoms with Crippen molar-refractivity contribution < 1.29 is 34.8 Å². The molecule has 6 N–H and O–H groups in total. The van der Waals surface area contributed by atoms with Crippen LogP contribution in [0.1, 0.15) is 34.3 Å². The van der Waals surface area contributed by atoms with Crippen LogP contribution in [0, 0.1) is 11.8 Å². The van der Waals surface area contributed by atoms with Crippen molar-refractivity contribution in [1.29, 1.82) is 0 Å². The van der Waals surface area contributed by atoms with Crippen LogP contribution >= 0.6 is 0 Å². The summed E-state index contributed by atoms with van der Waals surface area (Å²) in [5.41, 5.74) is 3.96. The van der Waals surface area contributed by atoms with E-state index in [4.69, 9.17) is 5.73 Å². The molecule has 0 fully saturated rings. The number of nitrogens with zero attached hydrogens (tertiary/aromatic N) is 2. The molecule has 5 rings (SSSR count). The Labute approximate surface area is 212 Å². The van der Waals surface area contributed by atoms with Crippen molar-refractivity contribution in [3.8, 4) is 17.0 Å². The number of fused-ring (bicyclic) bond motifs is 3. The molecule has 0 saturated heterocycles. The minimum Gasteiger partial charge on any atom is -0.511 e. The first-order valence-corrected chi connectivity index (χ1v) is 11.9. The molecule has 1 heterocycles. The summed E-state index contributed by atoms with van der Waals surface area (Å²) in [5, 5.41) is 44.2. The number of aromatic hydroxyl groups is 1. The maximum atomic E-state index is 13.9. The van der Waals surface area contributed by atoms with Crippen molar-refractivity contribution in [2.75, 3.05) is 14.1 Å². The fourth-order valence-electron chi connectivity index (χ4n) is 5.95. The maximum Gasteiger partial charge on any atom is 0.255 e. The van der Waals surface area contributed by atoms with Crippen molar-refractivity contribution in [2.24, 2.45) is 17.6 Å². The zero-order chi connectivity index (χ0) is 26.8. The van der Waals surface area contributed by atoms with Crippen LogP contribution in [0.3, 0.4) is 0 Å². The molecule has 0 spiro atoms. The van der Waals surface area contributed by atoms with Gasteiger partial charge in [-0.3, -0.25) is 19.4 Å². The van der Waals surface area contributed by atoms with E-state index in [0.29, 0.717) is 28.9 Å². The largest absolute Gasteiger partial charge is 0.511 e. The van der Waals surface area contributed by atoms with E-state index in [0.717, 1.165) is 0 Å². The number of carbonyl (C=O) groups excluding carboxylic acids is 3. The number of ketones is 2. The van der Waals surface area contributed by atoms with Crippen molar-refractivity contribution in [2.45, 2.75) is 31.4 Å². The molecule has 1 amide bonds. The number of amides is 1. The first-order valence-electron chi connectivity index (χ1n) is 11.9. The van der Waals surface area contributed by atoms with Gasteiger partial charge in [0, 0.05) is 41.8 Å². The first kappa shape index (κ1) is 24.7. The van der Waals surface area contributed by atoms with E-state index >= 15 is 0 Å². The second-order valence-corrected chi connectivity index (χ2v) is 10.1. The lowest BCUT2D eigenvalue weighted by molar-refractivity contribution is -0.144. The number of pyridine rings is 1. The zero-order valence-electron chi connectivity index (χ0n) is 20.4. The van der Waals surface area contributed by atoms with Gasteiger partial charge < -0.3 is 31.1 Å². The molecule has 3 atom stereocenters. The van der Waals surface area contributed by atoms with Gasteiger partial charge >= 0.3 is 0 Å². The van der Waals surface area contributed by atoms with E-state index in [1.54, 1.807) is 24.4 Å². The minimum absolute atomic E-state index is 0.0170. The standard InChI is InChI=1S/C27H27N3O7/c1-30(2)11-13-9-15(17-5-3-4-6-29-17)16-8-12-7-14-10-18(31)21(26(28)36)25(35)27(14,37)24(34)19(12)23(33)20(16)22(13)32/h3-6,9,12,14,31-32,34,37H,7-8,10-11H2,1-2H3,(H2,28,36)/t12-,14+,27+/m1/s1. The molecule has 2 aromatic rings. The third-order valence-corrected chi connectivity index (χ3v) is 7.57. The number of phenols is 1. The third kappa shape index (κ3) is 3.55. The average molecular weight is 506 g/mol. The van der Waals surface area contributed by atoms with Crippen LogP contribution in [0.2, 0.25) is 0 Å². The number of carbonyl (C=O) groups is 3. The number of aliphatic hydroxyl groups excluding tert-OH is 2. The quantitative estimate of drug-likeness (QED) is 0.387. The topological polar surface area (TPSA) is 174 Å². The lowest BCUT2D eigenvalue weighted by Crippen LogP contribution is -2.57. The van der Waals surface area contributed by atoms with E-state index in [1.807, 2.05) is 25.1 Å². The highest BCUT2D eigenvalue weighted by atomic mass is 16.3. The van der Waals surface area contributed by atoms with Gasteiger partial charge in [0.15, 0.2) is 11.4 Å². The number of primary amides is 1. The van der Waals surface area contributed by atoms with E-state index < -0.39 is 52.0 Å². The van der Waals surface area contributed by atoms with Gasteiger partial charge in [0.1, 0.15) is 22.8 Å². The number of rotatable bonds is 4. The molecule has 1 aromatic carbocycles. The van der Waals surface area contributed by atoms with Crippen molar-refractivity contribution >= 4 is 17.5 Å². The molecule has 37 heavy (non-hydrogen) atoms. The van der Waals surface area contributed by atoms with Gasteiger partial charge in [-0.05, 0) is 56.6 Å². The smallest absolute Gasteiger partial charge is 0.255 e. The molecule has 10 heteroatoms. The SMILES string of the molecule is CN(C)Cc1cc(-c2ccccn2)c2c(c1O)C(=O)C1=C(O)[C@]3(O)C(=O)C(C(N)=O)=C(O)C[C@@H]3C[C@@H]1C2. The Hall–Kier alpha value is -4.02. The van der Waals surface area contributed by atoms with Crippen LogP contribution in [0.5, 0.6) is 5.75 Å². The van der Waals surface area contributed by atoms with Gasteiger partial charge in [0.25, 0.3) is 5.91 Å². The Bertz CT molecular complexity index is 1430. The molecule has 3 aliphatic carbocycles. The van der Waals surface area contributed by atoms with Crippen LogP contribution in [0.15, 0.2) is 53.1 Å². The normalized spacial score (nSPS) is 25.2. The number of aliphatic hydroxyl groups is 3. The van der Waals surface area contributed by atoms with Crippen LogP contribution < -0.4 is 5.73 Å². The molecule has 1 aromatic heterocycles.